The van der Waals surface area contributed by atoms with Gasteiger partial charge in [-0.05, 0) is 17.7 Å². The van der Waals surface area contributed by atoms with E-state index in [0.29, 0.717) is 24.7 Å². The van der Waals surface area contributed by atoms with Crippen molar-refractivity contribution >= 4 is 28.4 Å². The number of nitrogens with one attached hydrogen (secondary N) is 1. The van der Waals surface area contributed by atoms with Gasteiger partial charge < -0.3 is 5.32 Å². The third-order valence-corrected chi connectivity index (χ3v) is 3.78. The Kier molecular flexibility index (Phi) is 4.39. The quantitative estimate of drug-likeness (QED) is 0.785. The lowest BCUT2D eigenvalue weighted by molar-refractivity contribution is -0.121. The van der Waals surface area contributed by atoms with E-state index in [9.17, 15) is 4.79 Å². The Morgan fingerprint density at radius 2 is 1.82 bits per heavy atom. The summed E-state index contributed by atoms with van der Waals surface area (Å²) in [6.45, 7) is 1.05. The molecule has 112 valence electrons. The number of fused-ring (bicyclic) bond motifs is 1. The molecule has 0 saturated carbocycles. The van der Waals surface area contributed by atoms with Crippen molar-refractivity contribution in [1.29, 1.82) is 0 Å². The molecule has 22 heavy (non-hydrogen) atoms. The number of aryl methyl sites for hydroxylation is 1. The van der Waals surface area contributed by atoms with Crippen molar-refractivity contribution in [3.05, 3.63) is 65.3 Å². The molecule has 0 saturated heterocycles. The highest BCUT2D eigenvalue weighted by Crippen LogP contribution is 2.22. The zero-order valence-corrected chi connectivity index (χ0v) is 12.8. The smallest absolute Gasteiger partial charge is 0.222 e. The monoisotopic (exact) mass is 313 g/mol. The summed E-state index contributed by atoms with van der Waals surface area (Å²) in [5, 5.41) is 8.58. The molecule has 3 rings (SSSR count). The van der Waals surface area contributed by atoms with Crippen LogP contribution >= 0.6 is 11.6 Å². The summed E-state index contributed by atoms with van der Waals surface area (Å²) >= 11 is 6.10. The highest BCUT2D eigenvalue weighted by molar-refractivity contribution is 6.34. The van der Waals surface area contributed by atoms with Crippen LogP contribution in [0, 0.1) is 0 Å². The van der Waals surface area contributed by atoms with Crippen LogP contribution in [0.2, 0.25) is 5.15 Å². The number of amides is 1. The van der Waals surface area contributed by atoms with E-state index in [2.05, 4.69) is 10.4 Å². The number of rotatable bonds is 5. The minimum Gasteiger partial charge on any atom is -0.352 e. The lowest BCUT2D eigenvalue weighted by atomic mass is 10.2. The summed E-state index contributed by atoms with van der Waals surface area (Å²) in [5.41, 5.74) is 2.03. The van der Waals surface area contributed by atoms with E-state index in [1.165, 1.54) is 0 Å². The van der Waals surface area contributed by atoms with Crippen LogP contribution in [-0.2, 0) is 17.9 Å². The lowest BCUT2D eigenvalue weighted by Crippen LogP contribution is -2.24. The number of hydrogen-bond acceptors (Lipinski definition) is 2. The number of para-hydroxylation sites is 1. The Hall–Kier alpha value is -2.33. The Balaban J connectivity index is 1.58. The summed E-state index contributed by atoms with van der Waals surface area (Å²) < 4.78 is 1.78. The average Bonchev–Trinajstić information content (AvgIpc) is 2.89. The fourth-order valence-corrected chi connectivity index (χ4v) is 2.60. The number of aromatic nitrogens is 2. The molecule has 0 aliphatic rings. The molecule has 0 fully saturated rings. The Morgan fingerprint density at radius 3 is 2.64 bits per heavy atom. The van der Waals surface area contributed by atoms with Gasteiger partial charge in [0.1, 0.15) is 0 Å². The highest BCUT2D eigenvalue weighted by Gasteiger charge is 2.09. The van der Waals surface area contributed by atoms with E-state index in [-0.39, 0.29) is 5.91 Å². The first-order valence-corrected chi connectivity index (χ1v) is 7.53. The van der Waals surface area contributed by atoms with Crippen molar-refractivity contribution < 1.29 is 4.79 Å². The van der Waals surface area contributed by atoms with E-state index in [0.717, 1.165) is 16.5 Å². The molecule has 0 aliphatic heterocycles. The van der Waals surface area contributed by atoms with Crippen LogP contribution in [-0.4, -0.2) is 15.7 Å². The highest BCUT2D eigenvalue weighted by atomic mass is 35.5. The second-order valence-electron chi connectivity index (χ2n) is 5.04. The van der Waals surface area contributed by atoms with Crippen molar-refractivity contribution in [1.82, 2.24) is 15.1 Å². The van der Waals surface area contributed by atoms with E-state index in [4.69, 9.17) is 11.6 Å². The van der Waals surface area contributed by atoms with Gasteiger partial charge in [-0.25, -0.2) is 0 Å². The Morgan fingerprint density at radius 1 is 1.09 bits per heavy atom. The number of carbonyl (C=O) groups is 1. The Bertz CT molecular complexity index is 783. The molecule has 0 atom stereocenters. The SMILES string of the molecule is O=C(CCn1nc(Cl)c2ccccc21)NCc1ccccc1. The van der Waals surface area contributed by atoms with E-state index >= 15 is 0 Å². The van der Waals surface area contributed by atoms with Gasteiger partial charge in [0.25, 0.3) is 0 Å². The molecule has 1 heterocycles. The molecule has 1 amide bonds. The molecule has 0 radical (unpaired) electrons. The summed E-state index contributed by atoms with van der Waals surface area (Å²) in [6.07, 6.45) is 0.370. The number of nitrogens with zero attached hydrogens (tertiary/aromatic N) is 2. The maximum absolute atomic E-state index is 11.9. The first kappa shape index (κ1) is 14.6. The van der Waals surface area contributed by atoms with Crippen molar-refractivity contribution in [2.24, 2.45) is 0 Å². The average molecular weight is 314 g/mol. The largest absolute Gasteiger partial charge is 0.352 e. The zero-order chi connectivity index (χ0) is 15.4. The molecule has 0 bridgehead atoms. The molecule has 0 unspecified atom stereocenters. The predicted octanol–water partition coefficient (Wildman–Crippen LogP) is 3.40. The fraction of sp³-hybridized carbons (Fsp3) is 0.176. The second-order valence-corrected chi connectivity index (χ2v) is 5.40. The molecule has 1 N–H and O–H groups in total. The van der Waals surface area contributed by atoms with E-state index in [1.54, 1.807) is 4.68 Å². The number of carbonyl (C=O) groups excluding carboxylic acids is 1. The van der Waals surface area contributed by atoms with Crippen LogP contribution in [0.1, 0.15) is 12.0 Å². The Labute approximate surface area is 133 Å². The van der Waals surface area contributed by atoms with Crippen molar-refractivity contribution in [2.75, 3.05) is 0 Å². The molecule has 4 nitrogen and oxygen atoms in total. The molecule has 3 aromatic rings. The zero-order valence-electron chi connectivity index (χ0n) is 12.0. The molecule has 2 aromatic carbocycles. The normalized spacial score (nSPS) is 10.8. The van der Waals surface area contributed by atoms with Crippen LogP contribution in [0.25, 0.3) is 10.9 Å². The maximum Gasteiger partial charge on any atom is 0.222 e. The predicted molar refractivity (Wildman–Crippen MR) is 87.6 cm³/mol. The number of hydrogen-bond donors (Lipinski definition) is 1. The third-order valence-electron chi connectivity index (χ3n) is 3.50. The lowest BCUT2D eigenvalue weighted by Gasteiger charge is -2.06. The van der Waals surface area contributed by atoms with Crippen LogP contribution in [0.4, 0.5) is 0 Å². The summed E-state index contributed by atoms with van der Waals surface area (Å²) in [4.78, 5) is 11.9. The topological polar surface area (TPSA) is 46.9 Å². The minimum absolute atomic E-state index is 0.000411. The second kappa shape index (κ2) is 6.62. The molecule has 5 heteroatoms. The van der Waals surface area contributed by atoms with Gasteiger partial charge in [0.05, 0.1) is 12.1 Å². The van der Waals surface area contributed by atoms with Gasteiger partial charge in [0.2, 0.25) is 5.91 Å². The van der Waals surface area contributed by atoms with Gasteiger partial charge in [-0.15, -0.1) is 0 Å². The van der Waals surface area contributed by atoms with Gasteiger partial charge >= 0.3 is 0 Å². The van der Waals surface area contributed by atoms with Gasteiger partial charge in [-0.1, -0.05) is 54.1 Å². The van der Waals surface area contributed by atoms with Crippen LogP contribution < -0.4 is 5.32 Å². The maximum atomic E-state index is 11.9. The van der Waals surface area contributed by atoms with Crippen molar-refractivity contribution in [2.45, 2.75) is 19.5 Å². The summed E-state index contributed by atoms with van der Waals surface area (Å²) in [5.74, 6) is -0.000411. The van der Waals surface area contributed by atoms with Crippen LogP contribution in [0.15, 0.2) is 54.6 Å². The van der Waals surface area contributed by atoms with Gasteiger partial charge in [0.15, 0.2) is 5.15 Å². The molecule has 0 aliphatic carbocycles. The van der Waals surface area contributed by atoms with Crippen molar-refractivity contribution in [3.63, 3.8) is 0 Å². The first-order chi connectivity index (χ1) is 10.7. The van der Waals surface area contributed by atoms with E-state index in [1.807, 2.05) is 54.6 Å². The summed E-state index contributed by atoms with van der Waals surface area (Å²) in [6, 6.07) is 17.6. The molecular formula is C17H16ClN3O. The van der Waals surface area contributed by atoms with Crippen LogP contribution in [0.5, 0.6) is 0 Å². The third kappa shape index (κ3) is 3.28. The molecule has 1 aromatic heterocycles. The minimum atomic E-state index is -0.000411. The van der Waals surface area contributed by atoms with Gasteiger partial charge in [-0.2, -0.15) is 5.10 Å². The van der Waals surface area contributed by atoms with Crippen molar-refractivity contribution in [3.8, 4) is 0 Å². The number of benzene rings is 2. The van der Waals surface area contributed by atoms with Crippen LogP contribution in [0.3, 0.4) is 0 Å². The van der Waals surface area contributed by atoms with Gasteiger partial charge in [0, 0.05) is 18.4 Å². The molecular weight excluding hydrogens is 298 g/mol. The molecule has 0 spiro atoms. The van der Waals surface area contributed by atoms with E-state index < -0.39 is 0 Å². The first-order valence-electron chi connectivity index (χ1n) is 7.16. The number of halogens is 1. The standard InChI is InChI=1S/C17H16ClN3O/c18-17-14-8-4-5-9-15(14)21(20-17)11-10-16(22)19-12-13-6-2-1-3-7-13/h1-9H,10-12H2,(H,19,22). The fourth-order valence-electron chi connectivity index (χ4n) is 2.35. The summed E-state index contributed by atoms with van der Waals surface area (Å²) in [7, 11) is 0. The van der Waals surface area contributed by atoms with Gasteiger partial charge in [-0.3, -0.25) is 9.48 Å².